The average molecular weight is 369 g/mol. The number of carbonyl (C=O) groups is 1. The molecule has 0 saturated carbocycles. The molecule has 3 rings (SSSR count). The fourth-order valence-electron chi connectivity index (χ4n) is 3.81. The van der Waals surface area contributed by atoms with Gasteiger partial charge in [-0.2, -0.15) is 0 Å². The van der Waals surface area contributed by atoms with Crippen molar-refractivity contribution in [2.75, 3.05) is 27.8 Å². The fourth-order valence-corrected chi connectivity index (χ4v) is 3.81. The average Bonchev–Trinajstić information content (AvgIpc) is 2.68. The summed E-state index contributed by atoms with van der Waals surface area (Å²) in [5.74, 6) is 1.64. The topological polar surface area (TPSA) is 52.0 Å². The molecule has 1 unspecified atom stereocenters. The summed E-state index contributed by atoms with van der Waals surface area (Å²) in [7, 11) is 5.32. The van der Waals surface area contributed by atoms with Gasteiger partial charge in [-0.15, -0.1) is 0 Å². The number of hydrogen-bond acceptors (Lipinski definition) is 3. The first-order valence-electron chi connectivity index (χ1n) is 9.50. The summed E-state index contributed by atoms with van der Waals surface area (Å²) in [4.78, 5) is 13.7. The SMILES string of the molecule is COc1ccc(C[NH+](C)CC(=O)N[C@@H]2CCCc3ccccc32)c(OC)c1. The second kappa shape index (κ2) is 8.91. The number of quaternary nitrogens is 1. The number of nitrogens with one attached hydrogen (secondary N) is 2. The Kier molecular flexibility index (Phi) is 6.35. The molecule has 0 fully saturated rings. The minimum absolute atomic E-state index is 0.0849. The van der Waals surface area contributed by atoms with Crippen LogP contribution in [0, 0.1) is 0 Å². The zero-order valence-electron chi connectivity index (χ0n) is 16.4. The smallest absolute Gasteiger partial charge is 0.275 e. The summed E-state index contributed by atoms with van der Waals surface area (Å²) in [6, 6.07) is 14.4. The highest BCUT2D eigenvalue weighted by molar-refractivity contribution is 5.77. The van der Waals surface area contributed by atoms with Gasteiger partial charge in [0.1, 0.15) is 18.0 Å². The second-order valence-electron chi connectivity index (χ2n) is 7.20. The molecule has 1 aliphatic carbocycles. The molecule has 0 aromatic heterocycles. The van der Waals surface area contributed by atoms with E-state index < -0.39 is 0 Å². The fraction of sp³-hybridized carbons (Fsp3) is 0.409. The zero-order chi connectivity index (χ0) is 19.2. The van der Waals surface area contributed by atoms with E-state index in [9.17, 15) is 4.79 Å². The van der Waals surface area contributed by atoms with Gasteiger partial charge in [0.2, 0.25) is 0 Å². The summed E-state index contributed by atoms with van der Waals surface area (Å²) in [5.41, 5.74) is 3.69. The molecular weight excluding hydrogens is 340 g/mol. The van der Waals surface area contributed by atoms with Crippen molar-refractivity contribution < 1.29 is 19.2 Å². The van der Waals surface area contributed by atoms with Crippen molar-refractivity contribution in [3.05, 3.63) is 59.2 Å². The highest BCUT2D eigenvalue weighted by Crippen LogP contribution is 2.29. The number of likely N-dealkylation sites (N-methyl/N-ethyl adjacent to an activating group) is 1. The molecule has 2 aromatic carbocycles. The van der Waals surface area contributed by atoms with Crippen molar-refractivity contribution in [3.63, 3.8) is 0 Å². The van der Waals surface area contributed by atoms with E-state index in [0.29, 0.717) is 13.1 Å². The van der Waals surface area contributed by atoms with Crippen LogP contribution in [0.2, 0.25) is 0 Å². The minimum atomic E-state index is 0.0849. The van der Waals surface area contributed by atoms with E-state index in [1.54, 1.807) is 14.2 Å². The summed E-state index contributed by atoms with van der Waals surface area (Å²) < 4.78 is 10.7. The molecular formula is C22H29N2O3+. The highest BCUT2D eigenvalue weighted by atomic mass is 16.5. The van der Waals surface area contributed by atoms with Crippen LogP contribution in [0.1, 0.15) is 35.6 Å². The molecule has 0 spiro atoms. The maximum absolute atomic E-state index is 12.6. The largest absolute Gasteiger partial charge is 0.497 e. The van der Waals surface area contributed by atoms with E-state index >= 15 is 0 Å². The van der Waals surface area contributed by atoms with Gasteiger partial charge in [0.15, 0.2) is 6.54 Å². The standard InChI is InChI=1S/C22H28N2O3/c1-24(14-17-11-12-18(26-2)13-21(17)27-3)15-22(25)23-20-10-6-8-16-7-4-5-9-19(16)20/h4-5,7,9,11-13,20H,6,8,10,14-15H2,1-3H3,(H,23,25)/p+1/t20-/m1/s1. The van der Waals surface area contributed by atoms with Crippen molar-refractivity contribution >= 4 is 5.91 Å². The van der Waals surface area contributed by atoms with Crippen LogP contribution in [0.25, 0.3) is 0 Å². The van der Waals surface area contributed by atoms with Crippen LogP contribution >= 0.6 is 0 Å². The maximum Gasteiger partial charge on any atom is 0.275 e. The van der Waals surface area contributed by atoms with Crippen LogP contribution in [0.5, 0.6) is 11.5 Å². The van der Waals surface area contributed by atoms with E-state index in [0.717, 1.165) is 41.2 Å². The van der Waals surface area contributed by atoms with Gasteiger partial charge in [-0.05, 0) is 42.5 Å². The van der Waals surface area contributed by atoms with E-state index in [4.69, 9.17) is 9.47 Å². The Morgan fingerprint density at radius 2 is 2.00 bits per heavy atom. The number of carbonyl (C=O) groups excluding carboxylic acids is 1. The van der Waals surface area contributed by atoms with Crippen molar-refractivity contribution in [1.82, 2.24) is 5.32 Å². The lowest BCUT2D eigenvalue weighted by molar-refractivity contribution is -0.885. The first kappa shape index (κ1) is 19.2. The van der Waals surface area contributed by atoms with E-state index in [1.807, 2.05) is 25.2 Å². The number of hydrogen-bond donors (Lipinski definition) is 2. The van der Waals surface area contributed by atoms with Crippen LogP contribution in [-0.2, 0) is 17.8 Å². The molecule has 0 heterocycles. The van der Waals surface area contributed by atoms with Gasteiger partial charge in [0.05, 0.1) is 27.3 Å². The lowest BCUT2D eigenvalue weighted by atomic mass is 9.88. The molecule has 0 radical (unpaired) electrons. The molecule has 144 valence electrons. The van der Waals surface area contributed by atoms with Crippen LogP contribution in [0.3, 0.4) is 0 Å². The molecule has 0 saturated heterocycles. The van der Waals surface area contributed by atoms with Gasteiger partial charge in [-0.3, -0.25) is 4.79 Å². The minimum Gasteiger partial charge on any atom is -0.497 e. The van der Waals surface area contributed by atoms with Gasteiger partial charge >= 0.3 is 0 Å². The number of rotatable bonds is 7. The predicted octanol–water partition coefficient (Wildman–Crippen LogP) is 1.91. The Balaban J connectivity index is 1.59. The molecule has 2 aromatic rings. The van der Waals surface area contributed by atoms with Crippen molar-refractivity contribution in [2.24, 2.45) is 0 Å². The predicted molar refractivity (Wildman–Crippen MR) is 105 cm³/mol. The van der Waals surface area contributed by atoms with Crippen LogP contribution in [-0.4, -0.2) is 33.7 Å². The normalized spacial score (nSPS) is 16.9. The number of fused-ring (bicyclic) bond motifs is 1. The number of aryl methyl sites for hydroxylation is 1. The Hall–Kier alpha value is -2.53. The molecule has 5 nitrogen and oxygen atoms in total. The van der Waals surface area contributed by atoms with Gasteiger partial charge in [0.25, 0.3) is 5.91 Å². The zero-order valence-corrected chi connectivity index (χ0v) is 16.4. The first-order valence-corrected chi connectivity index (χ1v) is 9.50. The van der Waals surface area contributed by atoms with Crippen LogP contribution < -0.4 is 19.7 Å². The molecule has 2 N–H and O–H groups in total. The monoisotopic (exact) mass is 369 g/mol. The van der Waals surface area contributed by atoms with E-state index in [-0.39, 0.29) is 11.9 Å². The van der Waals surface area contributed by atoms with Gasteiger partial charge in [-0.25, -0.2) is 0 Å². The summed E-state index contributed by atoms with van der Waals surface area (Å²) >= 11 is 0. The van der Waals surface area contributed by atoms with E-state index in [1.165, 1.54) is 11.1 Å². The second-order valence-corrected chi connectivity index (χ2v) is 7.20. The molecule has 27 heavy (non-hydrogen) atoms. The maximum atomic E-state index is 12.6. The summed E-state index contributed by atoms with van der Waals surface area (Å²) in [6.07, 6.45) is 3.23. The van der Waals surface area contributed by atoms with Gasteiger partial charge in [-0.1, -0.05) is 24.3 Å². The molecule has 1 amide bonds. The molecule has 5 heteroatoms. The Labute approximate surface area is 161 Å². The van der Waals surface area contributed by atoms with Gasteiger partial charge in [0, 0.05) is 11.6 Å². The lowest BCUT2D eigenvalue weighted by Gasteiger charge is -2.26. The van der Waals surface area contributed by atoms with Crippen molar-refractivity contribution in [3.8, 4) is 11.5 Å². The Morgan fingerprint density at radius 3 is 2.78 bits per heavy atom. The van der Waals surface area contributed by atoms with Crippen LogP contribution in [0.4, 0.5) is 0 Å². The molecule has 0 bridgehead atoms. The first-order chi connectivity index (χ1) is 13.1. The number of benzene rings is 2. The quantitative estimate of drug-likeness (QED) is 0.784. The Bertz CT molecular complexity index is 791. The molecule has 2 atom stereocenters. The number of amides is 1. The summed E-state index contributed by atoms with van der Waals surface area (Å²) in [6.45, 7) is 1.13. The van der Waals surface area contributed by atoms with Crippen LogP contribution in [0.15, 0.2) is 42.5 Å². The third-order valence-electron chi connectivity index (χ3n) is 5.15. The van der Waals surface area contributed by atoms with E-state index in [2.05, 4.69) is 29.6 Å². The van der Waals surface area contributed by atoms with Crippen molar-refractivity contribution in [2.45, 2.75) is 31.8 Å². The number of ether oxygens (including phenoxy) is 2. The van der Waals surface area contributed by atoms with Gasteiger partial charge < -0.3 is 19.7 Å². The Morgan fingerprint density at radius 1 is 1.19 bits per heavy atom. The molecule has 1 aliphatic rings. The summed E-state index contributed by atoms with van der Waals surface area (Å²) in [5, 5.41) is 3.23. The number of methoxy groups -OCH3 is 2. The highest BCUT2D eigenvalue weighted by Gasteiger charge is 2.23. The van der Waals surface area contributed by atoms with Crippen molar-refractivity contribution in [1.29, 1.82) is 0 Å². The third kappa shape index (κ3) is 4.80. The third-order valence-corrected chi connectivity index (χ3v) is 5.15. The molecule has 0 aliphatic heterocycles. The lowest BCUT2D eigenvalue weighted by Crippen LogP contribution is -3.08.